The Morgan fingerprint density at radius 3 is 2.60 bits per heavy atom. The molecule has 0 heterocycles. The SMILES string of the molecule is CC(C)(Br)[C@H]1CC[C@]2(C)C(=O)CC[C@]12O. The second-order valence-electron chi connectivity index (χ2n) is 5.84. The van der Waals surface area contributed by atoms with Gasteiger partial charge in [-0.25, -0.2) is 0 Å². The molecule has 0 aromatic carbocycles. The number of hydrogen-bond donors (Lipinski definition) is 1. The average molecular weight is 275 g/mol. The molecule has 0 aromatic rings. The molecule has 3 heteroatoms. The first kappa shape index (κ1) is 11.6. The third kappa shape index (κ3) is 1.35. The van der Waals surface area contributed by atoms with E-state index in [9.17, 15) is 9.90 Å². The van der Waals surface area contributed by atoms with Crippen molar-refractivity contribution in [1.82, 2.24) is 0 Å². The normalized spacial score (nSPS) is 45.9. The Labute approximate surface area is 99.6 Å². The van der Waals surface area contributed by atoms with Crippen LogP contribution in [0.25, 0.3) is 0 Å². The number of hydrogen-bond acceptors (Lipinski definition) is 2. The minimum atomic E-state index is -0.781. The maximum Gasteiger partial charge on any atom is 0.141 e. The molecular formula is C12H19BrO2. The molecule has 15 heavy (non-hydrogen) atoms. The van der Waals surface area contributed by atoms with Gasteiger partial charge in [0.2, 0.25) is 0 Å². The van der Waals surface area contributed by atoms with Crippen LogP contribution in [0.15, 0.2) is 0 Å². The van der Waals surface area contributed by atoms with Crippen molar-refractivity contribution in [3.63, 3.8) is 0 Å². The van der Waals surface area contributed by atoms with Gasteiger partial charge in [-0.3, -0.25) is 4.79 Å². The van der Waals surface area contributed by atoms with Crippen molar-refractivity contribution in [3.05, 3.63) is 0 Å². The monoisotopic (exact) mass is 274 g/mol. The Bertz CT molecular complexity index is 307. The van der Waals surface area contributed by atoms with Crippen molar-refractivity contribution < 1.29 is 9.90 Å². The maximum atomic E-state index is 11.9. The number of carbonyl (C=O) groups is 1. The van der Waals surface area contributed by atoms with E-state index in [2.05, 4.69) is 29.8 Å². The highest BCUT2D eigenvalue weighted by atomic mass is 79.9. The highest BCUT2D eigenvalue weighted by Gasteiger charge is 2.66. The van der Waals surface area contributed by atoms with Crippen LogP contribution in [0.4, 0.5) is 0 Å². The fraction of sp³-hybridized carbons (Fsp3) is 0.917. The fourth-order valence-electron chi connectivity index (χ4n) is 3.59. The van der Waals surface area contributed by atoms with E-state index in [0.29, 0.717) is 12.8 Å². The number of halogens is 1. The Kier molecular flexibility index (Phi) is 2.37. The molecule has 0 spiro atoms. The van der Waals surface area contributed by atoms with Crippen LogP contribution in [0.1, 0.15) is 46.5 Å². The predicted molar refractivity (Wildman–Crippen MR) is 63.0 cm³/mol. The zero-order valence-electron chi connectivity index (χ0n) is 9.64. The summed E-state index contributed by atoms with van der Waals surface area (Å²) in [7, 11) is 0. The number of alkyl halides is 1. The summed E-state index contributed by atoms with van der Waals surface area (Å²) in [4.78, 5) is 11.9. The number of rotatable bonds is 1. The summed E-state index contributed by atoms with van der Waals surface area (Å²) in [5.41, 5.74) is -1.26. The molecule has 2 nitrogen and oxygen atoms in total. The molecule has 0 radical (unpaired) electrons. The van der Waals surface area contributed by atoms with Crippen LogP contribution in [-0.4, -0.2) is 20.8 Å². The lowest BCUT2D eigenvalue weighted by molar-refractivity contribution is -0.134. The molecule has 86 valence electrons. The van der Waals surface area contributed by atoms with E-state index in [-0.39, 0.29) is 16.0 Å². The Morgan fingerprint density at radius 1 is 1.47 bits per heavy atom. The molecule has 1 N–H and O–H groups in total. The van der Waals surface area contributed by atoms with Gasteiger partial charge < -0.3 is 5.11 Å². The van der Waals surface area contributed by atoms with Gasteiger partial charge in [-0.2, -0.15) is 0 Å². The van der Waals surface area contributed by atoms with Crippen molar-refractivity contribution >= 4 is 21.7 Å². The molecule has 2 saturated carbocycles. The Hall–Kier alpha value is 0.110. The molecule has 2 rings (SSSR count). The second kappa shape index (κ2) is 3.07. The van der Waals surface area contributed by atoms with Gasteiger partial charge in [0, 0.05) is 16.7 Å². The largest absolute Gasteiger partial charge is 0.389 e. The topological polar surface area (TPSA) is 37.3 Å². The van der Waals surface area contributed by atoms with E-state index in [1.165, 1.54) is 0 Å². The van der Waals surface area contributed by atoms with Crippen LogP contribution in [-0.2, 0) is 4.79 Å². The highest BCUT2D eigenvalue weighted by molar-refractivity contribution is 9.10. The predicted octanol–water partition coefficient (Wildman–Crippen LogP) is 2.67. The molecule has 2 aliphatic rings. The second-order valence-corrected chi connectivity index (χ2v) is 7.88. The molecule has 3 atom stereocenters. The van der Waals surface area contributed by atoms with E-state index < -0.39 is 11.0 Å². The smallest absolute Gasteiger partial charge is 0.141 e. The van der Waals surface area contributed by atoms with Gasteiger partial charge >= 0.3 is 0 Å². The van der Waals surface area contributed by atoms with Crippen molar-refractivity contribution in [3.8, 4) is 0 Å². The van der Waals surface area contributed by atoms with Crippen LogP contribution >= 0.6 is 15.9 Å². The van der Waals surface area contributed by atoms with Crippen molar-refractivity contribution in [1.29, 1.82) is 0 Å². The summed E-state index contributed by atoms with van der Waals surface area (Å²) < 4.78 is -0.0931. The van der Waals surface area contributed by atoms with Crippen LogP contribution < -0.4 is 0 Å². The standard InChI is InChI=1S/C12H19BrO2/c1-10(2,13)8-4-6-11(3)9(14)5-7-12(8,11)15/h8,15H,4-7H2,1-3H3/t8-,11-,12+/m1/s1. The Balaban J connectivity index is 2.40. The van der Waals surface area contributed by atoms with Crippen molar-refractivity contribution in [2.24, 2.45) is 11.3 Å². The van der Waals surface area contributed by atoms with E-state index in [4.69, 9.17) is 0 Å². The first-order valence-electron chi connectivity index (χ1n) is 5.66. The number of ketones is 1. The lowest BCUT2D eigenvalue weighted by atomic mass is 9.72. The number of Topliss-reactive ketones (excluding diaryl/α,β-unsaturated/α-hetero) is 1. The summed E-state index contributed by atoms with van der Waals surface area (Å²) in [6.07, 6.45) is 2.97. The molecule has 2 fully saturated rings. The number of carbonyl (C=O) groups excluding carboxylic acids is 1. The minimum Gasteiger partial charge on any atom is -0.389 e. The van der Waals surface area contributed by atoms with Crippen molar-refractivity contribution in [2.75, 3.05) is 0 Å². The van der Waals surface area contributed by atoms with Crippen LogP contribution in [0.2, 0.25) is 0 Å². The van der Waals surface area contributed by atoms with Gasteiger partial charge in [0.1, 0.15) is 5.78 Å². The fourth-order valence-corrected chi connectivity index (χ4v) is 4.20. The van der Waals surface area contributed by atoms with Gasteiger partial charge in [0.15, 0.2) is 0 Å². The molecule has 0 bridgehead atoms. The molecule has 0 saturated heterocycles. The summed E-state index contributed by atoms with van der Waals surface area (Å²) in [6.45, 7) is 6.12. The average Bonchev–Trinajstić information content (AvgIpc) is 2.46. The van der Waals surface area contributed by atoms with E-state index in [1.54, 1.807) is 0 Å². The summed E-state index contributed by atoms with van der Waals surface area (Å²) in [6, 6.07) is 0. The van der Waals surface area contributed by atoms with Gasteiger partial charge in [-0.15, -0.1) is 0 Å². The van der Waals surface area contributed by atoms with Gasteiger partial charge in [0.25, 0.3) is 0 Å². The Morgan fingerprint density at radius 2 is 2.07 bits per heavy atom. The summed E-state index contributed by atoms with van der Waals surface area (Å²) in [5.74, 6) is 0.436. The zero-order chi connectivity index (χ0) is 11.5. The van der Waals surface area contributed by atoms with E-state index in [1.807, 2.05) is 6.92 Å². The lowest BCUT2D eigenvalue weighted by Gasteiger charge is -2.41. The minimum absolute atomic E-state index is 0.0931. The van der Waals surface area contributed by atoms with Crippen LogP contribution in [0, 0.1) is 11.3 Å². The summed E-state index contributed by atoms with van der Waals surface area (Å²) >= 11 is 3.65. The van der Waals surface area contributed by atoms with E-state index in [0.717, 1.165) is 12.8 Å². The zero-order valence-corrected chi connectivity index (χ0v) is 11.2. The van der Waals surface area contributed by atoms with Crippen LogP contribution in [0.5, 0.6) is 0 Å². The van der Waals surface area contributed by atoms with Crippen molar-refractivity contribution in [2.45, 2.75) is 56.4 Å². The quantitative estimate of drug-likeness (QED) is 0.747. The highest BCUT2D eigenvalue weighted by Crippen LogP contribution is 2.61. The first-order chi connectivity index (χ1) is 6.72. The number of fused-ring (bicyclic) bond motifs is 1. The third-order valence-electron chi connectivity index (χ3n) is 4.64. The van der Waals surface area contributed by atoms with Gasteiger partial charge in [-0.1, -0.05) is 15.9 Å². The molecule has 0 aromatic heterocycles. The van der Waals surface area contributed by atoms with Crippen LogP contribution in [0.3, 0.4) is 0 Å². The molecule has 0 amide bonds. The number of aliphatic hydroxyl groups is 1. The first-order valence-corrected chi connectivity index (χ1v) is 6.46. The summed E-state index contributed by atoms with van der Waals surface area (Å²) in [5, 5.41) is 10.8. The maximum absolute atomic E-state index is 11.9. The molecule has 2 aliphatic carbocycles. The lowest BCUT2D eigenvalue weighted by Crippen LogP contribution is -2.49. The van der Waals surface area contributed by atoms with Gasteiger partial charge in [0.05, 0.1) is 11.0 Å². The molecular weight excluding hydrogens is 256 g/mol. The third-order valence-corrected chi connectivity index (χ3v) is 5.19. The van der Waals surface area contributed by atoms with E-state index >= 15 is 0 Å². The van der Waals surface area contributed by atoms with Gasteiger partial charge in [-0.05, 0) is 40.0 Å². The molecule has 0 aliphatic heterocycles. The molecule has 0 unspecified atom stereocenters.